The van der Waals surface area contributed by atoms with Crippen molar-refractivity contribution in [2.24, 2.45) is 5.92 Å². The highest BCUT2D eigenvalue weighted by atomic mass is 19.2. The highest BCUT2D eigenvalue weighted by Crippen LogP contribution is 2.24. The van der Waals surface area contributed by atoms with E-state index in [1.165, 1.54) is 25.7 Å². The van der Waals surface area contributed by atoms with E-state index in [0.29, 0.717) is 12.2 Å². The minimum absolute atomic E-state index is 0.0694. The summed E-state index contributed by atoms with van der Waals surface area (Å²) in [6.45, 7) is 10.5. The molecule has 3 atom stereocenters. The Kier molecular flexibility index (Phi) is 9.14. The van der Waals surface area contributed by atoms with Crippen LogP contribution in [0.5, 0.6) is 5.75 Å². The number of rotatable bonds is 1. The van der Waals surface area contributed by atoms with Crippen LogP contribution in [0.15, 0.2) is 18.2 Å². The molecule has 116 valence electrons. The van der Waals surface area contributed by atoms with E-state index < -0.39 is 11.6 Å². The van der Waals surface area contributed by atoms with E-state index in [9.17, 15) is 8.78 Å². The van der Waals surface area contributed by atoms with Gasteiger partial charge in [-0.25, -0.2) is 4.39 Å². The molecule has 4 heteroatoms. The Morgan fingerprint density at radius 3 is 2.05 bits per heavy atom. The third-order valence-electron chi connectivity index (χ3n) is 3.09. The molecule has 0 aliphatic carbocycles. The first-order valence-corrected chi connectivity index (χ1v) is 7.09. The van der Waals surface area contributed by atoms with E-state index >= 15 is 0 Å². The SMILES string of the molecule is CC.CC1CC(C)C(C)O1.COc1cccc(F)c1F. The van der Waals surface area contributed by atoms with Gasteiger partial charge in [0.05, 0.1) is 19.3 Å². The molecular formula is C16H26F2O2. The Morgan fingerprint density at radius 2 is 1.75 bits per heavy atom. The highest BCUT2D eigenvalue weighted by molar-refractivity contribution is 5.24. The van der Waals surface area contributed by atoms with Crippen molar-refractivity contribution in [3.63, 3.8) is 0 Å². The van der Waals surface area contributed by atoms with Crippen LogP contribution in [-0.4, -0.2) is 19.3 Å². The van der Waals surface area contributed by atoms with Gasteiger partial charge < -0.3 is 9.47 Å². The molecule has 1 aliphatic heterocycles. The van der Waals surface area contributed by atoms with Crippen molar-refractivity contribution in [1.82, 2.24) is 0 Å². The second-order valence-corrected chi connectivity index (χ2v) is 4.62. The van der Waals surface area contributed by atoms with Crippen LogP contribution in [0.25, 0.3) is 0 Å². The second-order valence-electron chi connectivity index (χ2n) is 4.62. The lowest BCUT2D eigenvalue weighted by Gasteiger charge is -2.05. The maximum atomic E-state index is 12.5. The van der Waals surface area contributed by atoms with Gasteiger partial charge in [-0.3, -0.25) is 0 Å². The molecule has 0 aromatic heterocycles. The first-order chi connectivity index (χ1) is 9.45. The van der Waals surface area contributed by atoms with Gasteiger partial charge in [0, 0.05) is 0 Å². The summed E-state index contributed by atoms with van der Waals surface area (Å²) in [4.78, 5) is 0. The molecule has 1 saturated heterocycles. The zero-order valence-electron chi connectivity index (χ0n) is 13.2. The minimum Gasteiger partial charge on any atom is -0.494 e. The predicted octanol–water partition coefficient (Wildman–Crippen LogP) is 4.82. The molecule has 0 bridgehead atoms. The normalized spacial score (nSPS) is 24.1. The average molecular weight is 288 g/mol. The van der Waals surface area contributed by atoms with E-state index in [2.05, 4.69) is 25.5 Å². The summed E-state index contributed by atoms with van der Waals surface area (Å²) in [5.74, 6) is -1.13. The number of hydrogen-bond donors (Lipinski definition) is 0. The van der Waals surface area contributed by atoms with Gasteiger partial charge in [-0.2, -0.15) is 4.39 Å². The zero-order valence-corrected chi connectivity index (χ0v) is 13.2. The largest absolute Gasteiger partial charge is 0.494 e. The van der Waals surface area contributed by atoms with Gasteiger partial charge in [0.15, 0.2) is 11.6 Å². The molecule has 0 amide bonds. The summed E-state index contributed by atoms with van der Waals surface area (Å²) in [6.07, 6.45) is 2.23. The summed E-state index contributed by atoms with van der Waals surface area (Å²) < 4.78 is 34.8. The maximum absolute atomic E-state index is 12.5. The smallest absolute Gasteiger partial charge is 0.200 e. The first kappa shape index (κ1) is 18.8. The molecule has 1 aliphatic rings. The Bertz CT molecular complexity index is 373. The predicted molar refractivity (Wildman–Crippen MR) is 78.0 cm³/mol. The number of hydrogen-bond acceptors (Lipinski definition) is 2. The lowest BCUT2D eigenvalue weighted by Crippen LogP contribution is -2.06. The van der Waals surface area contributed by atoms with E-state index in [1.807, 2.05) is 13.8 Å². The molecule has 2 nitrogen and oxygen atoms in total. The van der Waals surface area contributed by atoms with Gasteiger partial charge in [-0.1, -0.05) is 26.8 Å². The molecular weight excluding hydrogens is 262 g/mol. The quantitative estimate of drug-likeness (QED) is 0.737. The van der Waals surface area contributed by atoms with Crippen LogP contribution in [-0.2, 0) is 4.74 Å². The van der Waals surface area contributed by atoms with E-state index in [0.717, 1.165) is 12.0 Å². The summed E-state index contributed by atoms with van der Waals surface area (Å²) in [7, 11) is 1.29. The van der Waals surface area contributed by atoms with E-state index in [-0.39, 0.29) is 5.75 Å². The fourth-order valence-electron chi connectivity index (χ4n) is 1.91. The number of benzene rings is 1. The minimum atomic E-state index is -0.940. The van der Waals surface area contributed by atoms with Gasteiger partial charge in [-0.15, -0.1) is 0 Å². The molecule has 20 heavy (non-hydrogen) atoms. The third-order valence-corrected chi connectivity index (χ3v) is 3.09. The van der Waals surface area contributed by atoms with Crippen LogP contribution in [0.1, 0.15) is 41.0 Å². The Hall–Kier alpha value is -1.16. The molecule has 2 rings (SSSR count). The van der Waals surface area contributed by atoms with Crippen LogP contribution >= 0.6 is 0 Å². The van der Waals surface area contributed by atoms with Crippen LogP contribution in [0.3, 0.4) is 0 Å². The van der Waals surface area contributed by atoms with Gasteiger partial charge in [0.25, 0.3) is 0 Å². The molecule has 0 radical (unpaired) electrons. The van der Waals surface area contributed by atoms with E-state index in [1.54, 1.807) is 0 Å². The standard InChI is InChI=1S/C7H6F2O.C7H14O.C2H6/c1-10-6-4-2-3-5(8)7(6)9;1-5-4-6(2)8-7(5)3;1-2/h2-4H,1H3;5-7H,4H2,1-3H3;1-2H3. The zero-order chi connectivity index (χ0) is 15.7. The van der Waals surface area contributed by atoms with Crippen molar-refractivity contribution in [3.8, 4) is 5.75 Å². The third kappa shape index (κ3) is 5.87. The van der Waals surface area contributed by atoms with Crippen molar-refractivity contribution in [2.45, 2.75) is 53.2 Å². The highest BCUT2D eigenvalue weighted by Gasteiger charge is 2.24. The van der Waals surface area contributed by atoms with Gasteiger partial charge >= 0.3 is 0 Å². The molecule has 0 saturated carbocycles. The molecule has 0 N–H and O–H groups in total. The van der Waals surface area contributed by atoms with Gasteiger partial charge in [-0.05, 0) is 38.3 Å². The van der Waals surface area contributed by atoms with Crippen LogP contribution < -0.4 is 4.74 Å². The van der Waals surface area contributed by atoms with Crippen molar-refractivity contribution in [2.75, 3.05) is 7.11 Å². The topological polar surface area (TPSA) is 18.5 Å². The summed E-state index contributed by atoms with van der Waals surface area (Å²) in [5, 5.41) is 0. The average Bonchev–Trinajstić information content (AvgIpc) is 2.73. The Balaban J connectivity index is 0.000000327. The van der Waals surface area contributed by atoms with Crippen LogP contribution in [0, 0.1) is 17.6 Å². The fourth-order valence-corrected chi connectivity index (χ4v) is 1.91. The number of halogens is 2. The number of ether oxygens (including phenoxy) is 2. The molecule has 1 fully saturated rings. The van der Waals surface area contributed by atoms with Crippen molar-refractivity contribution in [1.29, 1.82) is 0 Å². The lowest BCUT2D eigenvalue weighted by atomic mass is 10.0. The van der Waals surface area contributed by atoms with Crippen LogP contribution in [0.2, 0.25) is 0 Å². The first-order valence-electron chi connectivity index (χ1n) is 7.09. The summed E-state index contributed by atoms with van der Waals surface area (Å²) in [6, 6.07) is 3.79. The van der Waals surface area contributed by atoms with Crippen molar-refractivity contribution < 1.29 is 18.3 Å². The van der Waals surface area contributed by atoms with Crippen molar-refractivity contribution >= 4 is 0 Å². The Labute approximate surface area is 121 Å². The lowest BCUT2D eigenvalue weighted by molar-refractivity contribution is 0.0580. The van der Waals surface area contributed by atoms with E-state index in [4.69, 9.17) is 4.74 Å². The molecule has 1 heterocycles. The molecule has 0 spiro atoms. The Morgan fingerprint density at radius 1 is 1.15 bits per heavy atom. The summed E-state index contributed by atoms with van der Waals surface area (Å²) in [5.41, 5.74) is 0. The fraction of sp³-hybridized carbons (Fsp3) is 0.625. The maximum Gasteiger partial charge on any atom is 0.200 e. The summed E-state index contributed by atoms with van der Waals surface area (Å²) >= 11 is 0. The monoisotopic (exact) mass is 288 g/mol. The molecule has 3 unspecified atom stereocenters. The van der Waals surface area contributed by atoms with Crippen LogP contribution in [0.4, 0.5) is 8.78 Å². The molecule has 1 aromatic rings. The molecule has 1 aromatic carbocycles. The van der Waals surface area contributed by atoms with Crippen molar-refractivity contribution in [3.05, 3.63) is 29.8 Å². The van der Waals surface area contributed by atoms with Gasteiger partial charge in [0.1, 0.15) is 0 Å². The van der Waals surface area contributed by atoms with Gasteiger partial charge in [0.2, 0.25) is 5.82 Å². The number of methoxy groups -OCH3 is 1. The second kappa shape index (κ2) is 9.70.